The summed E-state index contributed by atoms with van der Waals surface area (Å²) in [6, 6.07) is 3.00. The Morgan fingerprint density at radius 3 is 2.67 bits per heavy atom. The fraction of sp³-hybridized carbons (Fsp3) is 0.444. The minimum atomic E-state index is -0.651. The van der Waals surface area contributed by atoms with Gasteiger partial charge in [0.15, 0.2) is 6.20 Å². The van der Waals surface area contributed by atoms with E-state index in [1.165, 1.54) is 12.3 Å². The third-order valence-electron chi connectivity index (χ3n) is 2.35. The molecule has 1 aliphatic rings. The van der Waals surface area contributed by atoms with Crippen LogP contribution in [0.3, 0.4) is 0 Å². The molecule has 0 saturated carbocycles. The zero-order valence-electron chi connectivity index (χ0n) is 8.25. The lowest BCUT2D eigenvalue weighted by atomic mass is 9.96. The van der Waals surface area contributed by atoms with Crippen LogP contribution in [-0.4, -0.2) is 33.7 Å². The first-order valence-electron chi connectivity index (χ1n) is 4.56. The molecule has 0 bridgehead atoms. The predicted octanol–water partition coefficient (Wildman–Crippen LogP) is 0.561. The predicted molar refractivity (Wildman–Crippen MR) is 53.7 cm³/mol. The Labute approximate surface area is 86.3 Å². The van der Waals surface area contributed by atoms with E-state index in [0.717, 1.165) is 5.69 Å². The minimum absolute atomic E-state index is 0.161. The topological polar surface area (TPSA) is 79.5 Å². The maximum Gasteiger partial charge on any atom is 0.363 e. The van der Waals surface area contributed by atoms with Gasteiger partial charge in [-0.2, -0.15) is 0 Å². The molecule has 0 atom stereocenters. The lowest BCUT2D eigenvalue weighted by Crippen LogP contribution is -2.60. The molecule has 0 aliphatic carbocycles. The molecule has 6 nitrogen and oxygen atoms in total. The van der Waals surface area contributed by atoms with Gasteiger partial charge < -0.3 is 20.1 Å². The first-order valence-corrected chi connectivity index (χ1v) is 4.56. The molecule has 1 aromatic heterocycles. The van der Waals surface area contributed by atoms with Crippen molar-refractivity contribution in [3.8, 4) is 0 Å². The summed E-state index contributed by atoms with van der Waals surface area (Å²) in [6.45, 7) is 2.82. The third-order valence-corrected chi connectivity index (χ3v) is 2.35. The van der Waals surface area contributed by atoms with Crippen LogP contribution in [0.2, 0.25) is 0 Å². The van der Waals surface area contributed by atoms with Gasteiger partial charge in [-0.3, -0.25) is 0 Å². The summed E-state index contributed by atoms with van der Waals surface area (Å²) in [7, 11) is 0. The quantitative estimate of drug-likeness (QED) is 0.568. The van der Waals surface area contributed by atoms with Crippen LogP contribution in [0.15, 0.2) is 18.3 Å². The minimum Gasteiger partial charge on any atom is -0.386 e. The first kappa shape index (κ1) is 9.85. The Bertz CT molecular complexity index is 380. The second-order valence-corrected chi connectivity index (χ2v) is 3.98. The Kier molecular flexibility index (Phi) is 2.08. The number of β-amino-alcohol motifs (C(OH)–C–C–N with tert-alkyl or cyclic N) is 1. The highest BCUT2D eigenvalue weighted by Crippen LogP contribution is 2.27. The van der Waals surface area contributed by atoms with E-state index >= 15 is 0 Å². The number of hydrogen-bond donors (Lipinski definition) is 1. The van der Waals surface area contributed by atoms with Gasteiger partial charge in [-0.1, -0.05) is 0 Å². The normalized spacial score (nSPS) is 18.4. The molecule has 0 amide bonds. The average Bonchev–Trinajstić information content (AvgIpc) is 2.14. The lowest BCUT2D eigenvalue weighted by molar-refractivity contribution is -0.389. The summed E-state index contributed by atoms with van der Waals surface area (Å²) in [5.41, 5.74) is 0.147. The van der Waals surface area contributed by atoms with E-state index in [0.29, 0.717) is 13.1 Å². The van der Waals surface area contributed by atoms with Gasteiger partial charge in [-0.05, 0) is 22.9 Å². The highest BCUT2D eigenvalue weighted by molar-refractivity contribution is 5.50. The van der Waals surface area contributed by atoms with Gasteiger partial charge in [0, 0.05) is 19.2 Å². The molecule has 1 fully saturated rings. The van der Waals surface area contributed by atoms with Crippen molar-refractivity contribution in [1.29, 1.82) is 0 Å². The van der Waals surface area contributed by atoms with Crippen LogP contribution in [0.1, 0.15) is 6.92 Å². The molecule has 0 radical (unpaired) electrons. The maximum absolute atomic E-state index is 10.4. The van der Waals surface area contributed by atoms with Gasteiger partial charge in [-0.15, -0.1) is 0 Å². The molecule has 15 heavy (non-hydrogen) atoms. The number of aliphatic hydroxyl groups is 1. The van der Waals surface area contributed by atoms with Crippen LogP contribution in [0.4, 0.5) is 11.5 Å². The third kappa shape index (κ3) is 1.89. The molecule has 2 heterocycles. The standard InChI is InChI=1S/C9H11N3O3/c1-9(13)5-11(6-9)7-2-3-8(10-4-7)12(14)15/h2-4,13H,5-6H2,1H3. The average molecular weight is 209 g/mol. The number of aromatic nitrogens is 1. The van der Waals surface area contributed by atoms with Crippen LogP contribution in [0.5, 0.6) is 0 Å². The summed E-state index contributed by atoms with van der Waals surface area (Å²) in [4.78, 5) is 15.4. The van der Waals surface area contributed by atoms with Gasteiger partial charge in [0.2, 0.25) is 0 Å². The molecule has 1 aromatic rings. The van der Waals surface area contributed by atoms with E-state index < -0.39 is 10.5 Å². The van der Waals surface area contributed by atoms with Crippen LogP contribution < -0.4 is 4.90 Å². The van der Waals surface area contributed by atoms with Crippen molar-refractivity contribution in [1.82, 2.24) is 4.98 Å². The van der Waals surface area contributed by atoms with E-state index in [9.17, 15) is 15.2 Å². The Morgan fingerprint density at radius 2 is 2.27 bits per heavy atom. The van der Waals surface area contributed by atoms with Gasteiger partial charge in [0.25, 0.3) is 0 Å². The number of rotatable bonds is 2. The summed E-state index contributed by atoms with van der Waals surface area (Å²) >= 11 is 0. The number of pyridine rings is 1. The Balaban J connectivity index is 2.09. The molecule has 80 valence electrons. The molecular formula is C9H11N3O3. The molecule has 1 aliphatic heterocycles. The Hall–Kier alpha value is -1.69. The van der Waals surface area contributed by atoms with Gasteiger partial charge >= 0.3 is 5.82 Å². The van der Waals surface area contributed by atoms with Crippen LogP contribution in [0.25, 0.3) is 0 Å². The highest BCUT2D eigenvalue weighted by Gasteiger charge is 2.37. The largest absolute Gasteiger partial charge is 0.386 e. The number of anilines is 1. The number of nitrogens with zero attached hydrogens (tertiary/aromatic N) is 3. The molecular weight excluding hydrogens is 198 g/mol. The van der Waals surface area contributed by atoms with E-state index in [1.807, 2.05) is 4.90 Å². The van der Waals surface area contributed by atoms with Gasteiger partial charge in [0.05, 0.1) is 11.3 Å². The summed E-state index contributed by atoms with van der Waals surface area (Å²) in [5.74, 6) is -0.161. The van der Waals surface area contributed by atoms with Crippen molar-refractivity contribution in [2.75, 3.05) is 18.0 Å². The monoisotopic (exact) mass is 209 g/mol. The van der Waals surface area contributed by atoms with Crippen molar-refractivity contribution in [3.05, 3.63) is 28.4 Å². The second kappa shape index (κ2) is 3.16. The van der Waals surface area contributed by atoms with E-state index in [2.05, 4.69) is 4.98 Å². The fourth-order valence-corrected chi connectivity index (χ4v) is 1.63. The lowest BCUT2D eigenvalue weighted by Gasteiger charge is -2.45. The van der Waals surface area contributed by atoms with Crippen LogP contribution in [-0.2, 0) is 0 Å². The fourth-order valence-electron chi connectivity index (χ4n) is 1.63. The molecule has 1 saturated heterocycles. The van der Waals surface area contributed by atoms with Gasteiger partial charge in [0.1, 0.15) is 0 Å². The van der Waals surface area contributed by atoms with Crippen molar-refractivity contribution in [2.24, 2.45) is 0 Å². The molecule has 0 aromatic carbocycles. The zero-order valence-corrected chi connectivity index (χ0v) is 8.25. The number of nitro groups is 1. The molecule has 1 N–H and O–H groups in total. The maximum atomic E-state index is 10.4. The van der Waals surface area contributed by atoms with Crippen LogP contribution >= 0.6 is 0 Å². The van der Waals surface area contributed by atoms with Crippen molar-refractivity contribution < 1.29 is 10.0 Å². The van der Waals surface area contributed by atoms with E-state index in [-0.39, 0.29) is 5.82 Å². The van der Waals surface area contributed by atoms with Crippen LogP contribution in [0, 0.1) is 10.1 Å². The van der Waals surface area contributed by atoms with Gasteiger partial charge in [-0.25, -0.2) is 0 Å². The van der Waals surface area contributed by atoms with Crippen molar-refractivity contribution >= 4 is 11.5 Å². The SMILES string of the molecule is CC1(O)CN(c2ccc([N+](=O)[O-])nc2)C1. The molecule has 6 heteroatoms. The summed E-state index contributed by atoms with van der Waals surface area (Å²) < 4.78 is 0. The highest BCUT2D eigenvalue weighted by atomic mass is 16.6. The smallest absolute Gasteiger partial charge is 0.363 e. The van der Waals surface area contributed by atoms with Crippen molar-refractivity contribution in [3.63, 3.8) is 0 Å². The molecule has 0 unspecified atom stereocenters. The van der Waals surface area contributed by atoms with E-state index in [4.69, 9.17) is 0 Å². The summed E-state index contributed by atoms with van der Waals surface area (Å²) in [6.07, 6.45) is 1.45. The summed E-state index contributed by atoms with van der Waals surface area (Å²) in [5, 5.41) is 19.9. The zero-order chi connectivity index (χ0) is 11.1. The first-order chi connectivity index (χ1) is 6.98. The molecule has 2 rings (SSSR count). The molecule has 0 spiro atoms. The number of hydrogen-bond acceptors (Lipinski definition) is 5. The second-order valence-electron chi connectivity index (χ2n) is 3.98. The Morgan fingerprint density at radius 1 is 1.60 bits per heavy atom. The van der Waals surface area contributed by atoms with Crippen molar-refractivity contribution in [2.45, 2.75) is 12.5 Å². The van der Waals surface area contributed by atoms with E-state index in [1.54, 1.807) is 13.0 Å².